The third-order valence-corrected chi connectivity index (χ3v) is 12.5. The molecule has 0 unspecified atom stereocenters. The number of para-hydroxylation sites is 3. The Hall–Kier alpha value is -8.73. The lowest BCUT2D eigenvalue weighted by atomic mass is 9.92. The highest BCUT2D eigenvalue weighted by Crippen LogP contribution is 2.40. The smallest absolute Gasteiger partial charge is 0.164 e. The molecule has 0 spiro atoms. The lowest BCUT2D eigenvalue weighted by Gasteiger charge is -2.16. The largest absolute Gasteiger partial charge is 0.309 e. The third kappa shape index (κ3) is 6.95. The number of aromatic nitrogens is 4. The molecule has 0 radical (unpaired) electrons. The molecule has 0 saturated heterocycles. The Morgan fingerprint density at radius 2 is 0.615 bits per heavy atom. The summed E-state index contributed by atoms with van der Waals surface area (Å²) < 4.78 is 2.41. The van der Waals surface area contributed by atoms with Gasteiger partial charge in [-0.05, 0) is 80.0 Å². The van der Waals surface area contributed by atoms with Crippen LogP contribution in [0.3, 0.4) is 0 Å². The molecular formula is C61H40N4. The second-order valence-corrected chi connectivity index (χ2v) is 16.4. The molecule has 2 aromatic heterocycles. The van der Waals surface area contributed by atoms with Crippen LogP contribution in [0, 0.1) is 0 Å². The van der Waals surface area contributed by atoms with E-state index in [4.69, 9.17) is 15.0 Å². The van der Waals surface area contributed by atoms with Crippen LogP contribution in [0.5, 0.6) is 0 Å². The van der Waals surface area contributed by atoms with Crippen molar-refractivity contribution in [3.05, 3.63) is 243 Å². The van der Waals surface area contributed by atoms with E-state index >= 15 is 0 Å². The Morgan fingerprint density at radius 1 is 0.231 bits per heavy atom. The lowest BCUT2D eigenvalue weighted by Crippen LogP contribution is -2.01. The van der Waals surface area contributed by atoms with Crippen molar-refractivity contribution in [1.82, 2.24) is 19.5 Å². The summed E-state index contributed by atoms with van der Waals surface area (Å²) in [6, 6.07) is 85.9. The highest BCUT2D eigenvalue weighted by Gasteiger charge is 2.19. The Labute approximate surface area is 377 Å². The van der Waals surface area contributed by atoms with Crippen LogP contribution in [0.2, 0.25) is 0 Å². The molecule has 12 aromatic rings. The first kappa shape index (κ1) is 38.0. The Bertz CT molecular complexity index is 3530. The van der Waals surface area contributed by atoms with E-state index in [-0.39, 0.29) is 0 Å². The highest BCUT2D eigenvalue weighted by molar-refractivity contribution is 6.10. The molecule has 0 amide bonds. The minimum atomic E-state index is 0.625. The molecule has 304 valence electrons. The molecule has 0 fully saturated rings. The molecule has 10 aromatic carbocycles. The van der Waals surface area contributed by atoms with Crippen molar-refractivity contribution >= 4 is 32.6 Å². The summed E-state index contributed by atoms with van der Waals surface area (Å²) in [5.41, 5.74) is 15.5. The fraction of sp³-hybridized carbons (Fsp3) is 0. The number of benzene rings is 10. The molecule has 2 heterocycles. The van der Waals surface area contributed by atoms with E-state index in [0.717, 1.165) is 61.0 Å². The molecule has 12 rings (SSSR count). The van der Waals surface area contributed by atoms with Crippen molar-refractivity contribution in [2.24, 2.45) is 0 Å². The predicted octanol–water partition coefficient (Wildman–Crippen LogP) is 15.8. The normalized spacial score (nSPS) is 11.4. The standard InChI is InChI=1S/C61H40N4/c1-3-16-41(17-4-1)43-30-34-45(35-31-43)59-62-60(46-36-32-44(33-37-46)42-18-5-2-6-19-42)64-61(63-59)55-39-38-49(51-23-7-8-24-52(51)55)47-20-15-21-48(40-47)50-22-9-12-27-56(50)65-57-28-13-10-25-53(57)54-26-11-14-29-58(54)65/h1-40H. The van der Waals surface area contributed by atoms with Gasteiger partial charge in [0.1, 0.15) is 0 Å². The Balaban J connectivity index is 0.971. The first-order chi connectivity index (χ1) is 32.2. The van der Waals surface area contributed by atoms with Crippen molar-refractivity contribution in [2.75, 3.05) is 0 Å². The van der Waals surface area contributed by atoms with Gasteiger partial charge in [0, 0.05) is 33.0 Å². The van der Waals surface area contributed by atoms with Crippen molar-refractivity contribution in [2.45, 2.75) is 0 Å². The minimum absolute atomic E-state index is 0.625. The summed E-state index contributed by atoms with van der Waals surface area (Å²) in [4.78, 5) is 15.6. The number of nitrogens with zero attached hydrogens (tertiary/aromatic N) is 4. The SMILES string of the molecule is c1ccc(-c2ccc(-c3nc(-c4ccc(-c5ccccc5)cc4)nc(-c4ccc(-c5cccc(-c6ccccc6-n6c7ccccc7c7ccccc76)c5)c5ccccc45)n3)cc2)cc1. The number of hydrogen-bond donors (Lipinski definition) is 0. The third-order valence-electron chi connectivity index (χ3n) is 12.5. The molecule has 0 saturated carbocycles. The maximum atomic E-state index is 5.23. The van der Waals surface area contributed by atoms with Gasteiger partial charge in [-0.2, -0.15) is 0 Å². The van der Waals surface area contributed by atoms with Crippen LogP contribution in [0.1, 0.15) is 0 Å². The maximum absolute atomic E-state index is 5.23. The molecular weight excluding hydrogens is 789 g/mol. The van der Waals surface area contributed by atoms with Gasteiger partial charge in [0.15, 0.2) is 17.5 Å². The molecule has 4 heteroatoms. The van der Waals surface area contributed by atoms with Gasteiger partial charge in [0.25, 0.3) is 0 Å². The second kappa shape index (κ2) is 16.2. The molecule has 0 bridgehead atoms. The second-order valence-electron chi connectivity index (χ2n) is 16.4. The van der Waals surface area contributed by atoms with Crippen LogP contribution in [-0.2, 0) is 0 Å². The highest BCUT2D eigenvalue weighted by atomic mass is 15.0. The van der Waals surface area contributed by atoms with Gasteiger partial charge < -0.3 is 4.57 Å². The van der Waals surface area contributed by atoms with Crippen LogP contribution < -0.4 is 0 Å². The zero-order chi connectivity index (χ0) is 43.1. The number of hydrogen-bond acceptors (Lipinski definition) is 3. The van der Waals surface area contributed by atoms with Crippen LogP contribution in [-0.4, -0.2) is 19.5 Å². The number of fused-ring (bicyclic) bond motifs is 4. The predicted molar refractivity (Wildman–Crippen MR) is 270 cm³/mol. The first-order valence-corrected chi connectivity index (χ1v) is 22.0. The summed E-state index contributed by atoms with van der Waals surface area (Å²) in [6.07, 6.45) is 0. The first-order valence-electron chi connectivity index (χ1n) is 22.0. The van der Waals surface area contributed by atoms with Gasteiger partial charge in [-0.15, -0.1) is 0 Å². The van der Waals surface area contributed by atoms with E-state index in [1.54, 1.807) is 0 Å². The fourth-order valence-corrected chi connectivity index (χ4v) is 9.33. The monoisotopic (exact) mass is 828 g/mol. The van der Waals surface area contributed by atoms with Crippen molar-refractivity contribution in [1.29, 1.82) is 0 Å². The molecule has 0 aliphatic carbocycles. The van der Waals surface area contributed by atoms with Crippen LogP contribution in [0.15, 0.2) is 243 Å². The number of rotatable bonds is 8. The van der Waals surface area contributed by atoms with E-state index in [1.807, 2.05) is 12.1 Å². The molecule has 0 aliphatic rings. The average molecular weight is 829 g/mol. The molecule has 65 heavy (non-hydrogen) atoms. The summed E-state index contributed by atoms with van der Waals surface area (Å²) in [6.45, 7) is 0. The molecule has 0 atom stereocenters. The summed E-state index contributed by atoms with van der Waals surface area (Å²) in [5, 5.41) is 4.69. The molecule has 0 aliphatic heterocycles. The molecule has 0 N–H and O–H groups in total. The van der Waals surface area contributed by atoms with Crippen molar-refractivity contribution in [3.8, 4) is 84.4 Å². The quantitative estimate of drug-likeness (QED) is 0.153. The molecule has 4 nitrogen and oxygen atoms in total. The van der Waals surface area contributed by atoms with E-state index in [1.165, 1.54) is 38.5 Å². The van der Waals surface area contributed by atoms with Crippen molar-refractivity contribution in [3.63, 3.8) is 0 Å². The van der Waals surface area contributed by atoms with E-state index in [2.05, 4.69) is 235 Å². The van der Waals surface area contributed by atoms with Crippen LogP contribution in [0.4, 0.5) is 0 Å². The topological polar surface area (TPSA) is 43.6 Å². The van der Waals surface area contributed by atoms with E-state index < -0.39 is 0 Å². The van der Waals surface area contributed by atoms with Crippen LogP contribution in [0.25, 0.3) is 117 Å². The summed E-state index contributed by atoms with van der Waals surface area (Å²) >= 11 is 0. The summed E-state index contributed by atoms with van der Waals surface area (Å²) in [7, 11) is 0. The zero-order valence-electron chi connectivity index (χ0n) is 35.4. The van der Waals surface area contributed by atoms with Crippen LogP contribution >= 0.6 is 0 Å². The maximum Gasteiger partial charge on any atom is 0.164 e. The van der Waals surface area contributed by atoms with E-state index in [9.17, 15) is 0 Å². The van der Waals surface area contributed by atoms with Gasteiger partial charge >= 0.3 is 0 Å². The van der Waals surface area contributed by atoms with Gasteiger partial charge in [-0.3, -0.25) is 0 Å². The van der Waals surface area contributed by atoms with Gasteiger partial charge in [0.05, 0.1) is 16.7 Å². The van der Waals surface area contributed by atoms with Gasteiger partial charge in [-0.1, -0.05) is 212 Å². The summed E-state index contributed by atoms with van der Waals surface area (Å²) in [5.74, 6) is 1.87. The van der Waals surface area contributed by atoms with Gasteiger partial charge in [-0.25, -0.2) is 15.0 Å². The Kier molecular flexibility index (Phi) is 9.46. The van der Waals surface area contributed by atoms with Crippen molar-refractivity contribution < 1.29 is 0 Å². The Morgan fingerprint density at radius 3 is 1.18 bits per heavy atom. The zero-order valence-corrected chi connectivity index (χ0v) is 35.4. The van der Waals surface area contributed by atoms with Gasteiger partial charge in [0.2, 0.25) is 0 Å². The van der Waals surface area contributed by atoms with E-state index in [0.29, 0.717) is 17.5 Å². The lowest BCUT2D eigenvalue weighted by molar-refractivity contribution is 1.08. The average Bonchev–Trinajstić information content (AvgIpc) is 3.73. The minimum Gasteiger partial charge on any atom is -0.309 e. The fourth-order valence-electron chi connectivity index (χ4n) is 9.33.